The molecule has 0 radical (unpaired) electrons. The summed E-state index contributed by atoms with van der Waals surface area (Å²) >= 11 is 28.7. The summed E-state index contributed by atoms with van der Waals surface area (Å²) in [6, 6.07) is 75.9. The Morgan fingerprint density at radius 3 is 1.19 bits per heavy atom. The van der Waals surface area contributed by atoms with Crippen molar-refractivity contribution in [2.45, 2.75) is 233 Å². The number of halogens is 4. The highest BCUT2D eigenvalue weighted by molar-refractivity contribution is 14.1. The number of nitro groups is 2. The number of benzene rings is 9. The lowest BCUT2D eigenvalue weighted by molar-refractivity contribution is -0.387. The van der Waals surface area contributed by atoms with Crippen molar-refractivity contribution >= 4 is 256 Å². The van der Waals surface area contributed by atoms with E-state index in [1.165, 1.54) is 177 Å². The van der Waals surface area contributed by atoms with Gasteiger partial charge in [-0.3, -0.25) is 34.6 Å². The fourth-order valence-corrected chi connectivity index (χ4v) is 28.4. The van der Waals surface area contributed by atoms with Crippen molar-refractivity contribution in [2.24, 2.45) is 23.5 Å². The van der Waals surface area contributed by atoms with Gasteiger partial charge in [-0.25, -0.2) is 16.8 Å². The number of hydrogen-bond acceptors (Lipinski definition) is 27. The number of aryl methyl sites for hydroxylation is 2. The molecule has 3 atom stereocenters. The molecule has 35 heteroatoms. The van der Waals surface area contributed by atoms with E-state index in [-0.39, 0.29) is 72.1 Å². The summed E-state index contributed by atoms with van der Waals surface area (Å²) in [5, 5.41) is 21.4. The maximum Gasteiger partial charge on any atom is 0.306 e. The van der Waals surface area contributed by atoms with Crippen LogP contribution in [0.15, 0.2) is 307 Å². The monoisotopic (exact) mass is 2490 g/mol. The summed E-state index contributed by atoms with van der Waals surface area (Å²) in [7, 11) is -7.44. The lowest BCUT2D eigenvalue weighted by atomic mass is 10.0. The fraction of sp³-hybridized carbons (Fsp3) is 0.373. The van der Waals surface area contributed by atoms with E-state index in [2.05, 4.69) is 262 Å². The lowest BCUT2D eigenvalue weighted by Crippen LogP contribution is -2.14. The zero-order valence-electron chi connectivity index (χ0n) is 84.7. The Morgan fingerprint density at radius 1 is 0.428 bits per heavy atom. The van der Waals surface area contributed by atoms with Crippen molar-refractivity contribution in [2.75, 3.05) is 74.6 Å². The van der Waals surface area contributed by atoms with E-state index in [1.54, 1.807) is 113 Å². The predicted octanol–water partition coefficient (Wildman–Crippen LogP) is 35.7. The van der Waals surface area contributed by atoms with Gasteiger partial charge in [-0.15, -0.1) is 141 Å². The number of unbranched alkanes of at least 4 members (excludes halogenated alkanes) is 3. The zero-order valence-corrected chi connectivity index (χ0v) is 102. The Hall–Kier alpha value is -5.72. The Morgan fingerprint density at radius 2 is 0.807 bits per heavy atom. The maximum absolute atomic E-state index is 12.9. The van der Waals surface area contributed by atoms with E-state index in [0.29, 0.717) is 83.5 Å². The van der Waals surface area contributed by atoms with Crippen LogP contribution in [0.1, 0.15) is 166 Å². The predicted molar refractivity (Wildman–Crippen MR) is 644 cm³/mol. The van der Waals surface area contributed by atoms with Crippen molar-refractivity contribution in [3.63, 3.8) is 0 Å². The molecule has 3 aromatic heterocycles. The number of nitrogens with zero attached hydrogens (tertiary/aromatic N) is 2. The molecule has 0 aliphatic heterocycles. The number of thioether (sulfide) groups is 8. The van der Waals surface area contributed by atoms with Gasteiger partial charge in [0.25, 0.3) is 11.4 Å². The number of hydrogen-bond donors (Lipinski definition) is 1. The van der Waals surface area contributed by atoms with E-state index < -0.39 is 19.7 Å². The number of carbonyl (C=O) groups is 3. The second kappa shape index (κ2) is 72.7. The first-order chi connectivity index (χ1) is 69.3. The summed E-state index contributed by atoms with van der Waals surface area (Å²) in [6.45, 7) is 19.3. The molecule has 0 bridgehead atoms. The van der Waals surface area contributed by atoms with Crippen LogP contribution in [0.5, 0.6) is 0 Å². The van der Waals surface area contributed by atoms with Gasteiger partial charge in [-0.05, 0) is 263 Å². The molecule has 3 heterocycles. The minimum Gasteiger partial charge on any atom is -0.465 e. The molecule has 12 aromatic rings. The minimum absolute atomic E-state index is 0. The van der Waals surface area contributed by atoms with E-state index in [0.717, 1.165) is 101 Å². The summed E-state index contributed by atoms with van der Waals surface area (Å²) in [5.74, 6) is 3.30. The van der Waals surface area contributed by atoms with Gasteiger partial charge in [0.2, 0.25) is 9.84 Å². The molecule has 0 fully saturated rings. The van der Waals surface area contributed by atoms with Crippen LogP contribution in [0.25, 0.3) is 33.4 Å². The SMILES string of the molecule is CCCCC(CC)COC(=O)CCSc1ccc(-c2ccccc2)c(SC)c1.CCCCC(CC)COC(=O)CCSc1ccc(I)c(SC)c1.CCCCC(CC)COC(=O)CCSc1ccc([N+](=O)[O-])c(SC)c1.CCc1ccc(Br)s1.CCc1ccc(Sc2ccc(-c3ccccc3)c(SC)c2)s1.CS(=O)(=O)c1cc(S(=O)(=O)c2ccc(CN)s2)ccc1-c1ccccc1.CSc1cc(Br)ccc1[N+](=O)[O-].Cl. The van der Waals surface area contributed by atoms with Crippen molar-refractivity contribution in [1.29, 1.82) is 0 Å². The van der Waals surface area contributed by atoms with Crippen LogP contribution in [0.2, 0.25) is 0 Å². The second-order valence-corrected chi connectivity index (χ2v) is 52.7. The van der Waals surface area contributed by atoms with Gasteiger partial charge in [-0.2, -0.15) is 0 Å². The van der Waals surface area contributed by atoms with Crippen LogP contribution < -0.4 is 5.73 Å². The van der Waals surface area contributed by atoms with Gasteiger partial charge in [0, 0.05) is 105 Å². The van der Waals surface area contributed by atoms with Gasteiger partial charge in [0.05, 0.1) is 76.5 Å². The molecule has 12 rings (SSSR count). The topological polar surface area (TPSA) is 259 Å². The molecular weight excluding hydrogens is 2360 g/mol. The van der Waals surface area contributed by atoms with Gasteiger partial charge in [0.1, 0.15) is 4.21 Å². The number of carbonyl (C=O) groups excluding carboxylic acids is 3. The largest absolute Gasteiger partial charge is 0.465 e. The smallest absolute Gasteiger partial charge is 0.306 e. The third-order valence-corrected chi connectivity index (χ3v) is 39.4. The highest BCUT2D eigenvalue weighted by Gasteiger charge is 2.26. The number of rotatable bonds is 48. The number of ether oxygens (including phenoxy) is 3. The van der Waals surface area contributed by atoms with Crippen LogP contribution >= 0.6 is 207 Å². The zero-order chi connectivity index (χ0) is 105. The van der Waals surface area contributed by atoms with Crippen LogP contribution in [0.4, 0.5) is 11.4 Å². The number of nitrogens with two attached hydrogens (primary N) is 1. The third-order valence-electron chi connectivity index (χ3n) is 22.2. The van der Waals surface area contributed by atoms with E-state index in [4.69, 9.17) is 19.9 Å². The Labute approximate surface area is 948 Å². The minimum atomic E-state index is -3.81. The summed E-state index contributed by atoms with van der Waals surface area (Å²) in [4.78, 5) is 69.9. The van der Waals surface area contributed by atoms with Gasteiger partial charge < -0.3 is 19.9 Å². The molecule has 9 aromatic carbocycles. The quantitative estimate of drug-likeness (QED) is 0.00928. The van der Waals surface area contributed by atoms with E-state index >= 15 is 0 Å². The third kappa shape index (κ3) is 47.6. The maximum atomic E-state index is 12.9. The molecule has 0 aliphatic rings. The molecule has 0 saturated carbocycles. The Bertz CT molecular complexity index is 6130. The Kier molecular flexibility index (Phi) is 65.1. The molecule has 0 saturated heterocycles. The summed E-state index contributed by atoms with van der Waals surface area (Å²) in [6.07, 6.45) is 28.4. The number of thiophene rings is 3. The lowest BCUT2D eigenvalue weighted by Gasteiger charge is -2.14. The van der Waals surface area contributed by atoms with Crippen LogP contribution in [-0.2, 0) is 67.7 Å². The van der Waals surface area contributed by atoms with Crippen molar-refractivity contribution in [3.8, 4) is 33.4 Å². The van der Waals surface area contributed by atoms with Crippen molar-refractivity contribution in [1.82, 2.24) is 0 Å². The summed E-state index contributed by atoms with van der Waals surface area (Å²) in [5.41, 5.74) is 12.1. The molecule has 2 N–H and O–H groups in total. The first-order valence-corrected chi connectivity index (χ1v) is 66.1. The Balaban J connectivity index is 0.000000304. The van der Waals surface area contributed by atoms with Gasteiger partial charge in [-0.1, -0.05) is 250 Å². The van der Waals surface area contributed by atoms with Crippen molar-refractivity contribution in [3.05, 3.63) is 283 Å². The standard InChI is InChI=1S/C24H32O2S2.C19H18S3.C18H27IO2S2.C18H17NO4S3.C18H27NO4S2.C7H6BrNO2S.C6H7BrS.ClH/c1-4-6-10-19(5-2)18-26-24(25)15-16-28-21-13-14-22(23(17-21)27-3)20-11-8-7-9-12-20;1-3-15-10-12-19(21-15)22-16-9-11-17(18(13-16)20-2)14-7-5-4-6-8-14;1-4-6-7-14(5-2)13-21-18(20)10-11-23-15-8-9-16(19)17(12-15)22-3;1-25(20,21)17-11-15(8-9-16(17)13-5-3-2-4-6-13)26(22,23)18-10-7-14(12-19)24-18;1-4-6-7-14(5-2)13-23-18(20)10-11-25-15-8-9-16(19(21)22)17(12-15)24-3;1-12-7-4-5(8)2-3-6(7)9(10)11;1-2-5-3-4-6(7)8-5;/h7-9,11-14,17,19H,4-6,10,15-16,18H2,1-3H3;4-13H,3H2,1-2H3;8-9,12,14H,4-7,10-11,13H2,1-3H3;2-11H,12,19H2,1H3;8-9,12,14H,4-7,10-11,13H2,1-3H3;2-4H,1H3;3-4H,2H2,1H3;1H. The van der Waals surface area contributed by atoms with Gasteiger partial charge >= 0.3 is 17.9 Å². The number of nitro benzene ring substituents is 2. The highest BCUT2D eigenvalue weighted by Crippen LogP contribution is 2.42. The number of sulfone groups is 2. The van der Waals surface area contributed by atoms with Crippen molar-refractivity contribution < 1.29 is 55.3 Å². The second-order valence-electron chi connectivity index (χ2n) is 32.5. The molecule has 0 aliphatic carbocycles. The van der Waals surface area contributed by atoms with Crippen LogP contribution in [-0.4, -0.2) is 119 Å². The first kappa shape index (κ1) is 130. The molecule has 3 unspecified atom stereocenters. The number of esters is 3. The van der Waals surface area contributed by atoms with Crippen LogP contribution in [0.3, 0.4) is 0 Å². The van der Waals surface area contributed by atoms with E-state index in [1.807, 2.05) is 59.5 Å². The highest BCUT2D eigenvalue weighted by atomic mass is 127. The molecular formula is C110H135Br2ClIN3O14S14. The summed E-state index contributed by atoms with van der Waals surface area (Å²) < 4.78 is 71.5. The molecule has 786 valence electrons. The van der Waals surface area contributed by atoms with Crippen LogP contribution in [0, 0.1) is 41.6 Å². The first-order valence-electron chi connectivity index (χ1n) is 47.7. The fourth-order valence-electron chi connectivity index (χ4n) is 13.8. The average Bonchev–Trinajstić information content (AvgIpc) is 1.75. The normalized spacial score (nSPS) is 11.5. The molecule has 145 heavy (non-hydrogen) atoms. The molecule has 0 spiro atoms. The molecule has 0 amide bonds. The average molecular weight is 2490 g/mol. The van der Waals surface area contributed by atoms with Gasteiger partial charge in [0.15, 0.2) is 9.84 Å². The van der Waals surface area contributed by atoms with E-state index in [9.17, 15) is 51.4 Å². The molecule has 17 nitrogen and oxygen atoms in total.